The molecule has 2 N–H and O–H groups in total. The van der Waals surface area contributed by atoms with E-state index in [4.69, 9.17) is 12.8 Å². The molecule has 0 aliphatic rings. The molecule has 0 saturated heterocycles. The van der Waals surface area contributed by atoms with Crippen LogP contribution in [-0.2, 0) is 0 Å². The monoisotopic (exact) mass is 436 g/mol. The summed E-state index contributed by atoms with van der Waals surface area (Å²) in [6, 6.07) is 0. The molecule has 0 fully saturated rings. The summed E-state index contributed by atoms with van der Waals surface area (Å²) in [4.78, 5) is 0. The van der Waals surface area contributed by atoms with Crippen LogP contribution in [-0.4, -0.2) is 22.4 Å². The lowest BCUT2D eigenvalue weighted by Crippen LogP contribution is -2.01. The molecule has 0 aliphatic heterocycles. The van der Waals surface area contributed by atoms with Crippen molar-refractivity contribution in [1.29, 1.82) is 0 Å². The summed E-state index contributed by atoms with van der Waals surface area (Å²) in [5.41, 5.74) is 0. The third-order valence-electron chi connectivity index (χ3n) is 5.30. The Bertz CT molecular complexity index is 595. The molecular formula is C30H44O2. The van der Waals surface area contributed by atoms with Gasteiger partial charge in [-0.25, -0.2) is 0 Å². The van der Waals surface area contributed by atoms with Gasteiger partial charge in [0.25, 0.3) is 0 Å². The number of aliphatic hydroxyl groups excluding tert-OH is 2. The van der Waals surface area contributed by atoms with Gasteiger partial charge in [-0.2, -0.15) is 0 Å². The summed E-state index contributed by atoms with van der Waals surface area (Å²) < 4.78 is 0. The van der Waals surface area contributed by atoms with E-state index in [2.05, 4.69) is 47.7 Å². The van der Waals surface area contributed by atoms with Crippen LogP contribution in [0.25, 0.3) is 0 Å². The van der Waals surface area contributed by atoms with E-state index >= 15 is 0 Å². The average Bonchev–Trinajstić information content (AvgIpc) is 2.81. The van der Waals surface area contributed by atoms with Crippen molar-refractivity contribution < 1.29 is 10.2 Å². The summed E-state index contributed by atoms with van der Waals surface area (Å²) in [6.07, 6.45) is 32.5. The molecule has 0 amide bonds. The van der Waals surface area contributed by atoms with Gasteiger partial charge in [0.15, 0.2) is 0 Å². The lowest BCUT2D eigenvalue weighted by molar-refractivity contribution is 0.217. The second-order valence-corrected chi connectivity index (χ2v) is 8.27. The Balaban J connectivity index is 3.37. The van der Waals surface area contributed by atoms with Crippen LogP contribution in [0.3, 0.4) is 0 Å². The molecule has 0 aromatic heterocycles. The number of hydrogen-bond acceptors (Lipinski definition) is 2. The number of rotatable bonds is 18. The van der Waals surface area contributed by atoms with Crippen LogP contribution < -0.4 is 0 Å². The minimum Gasteiger partial charge on any atom is -0.380 e. The molecule has 2 atom stereocenters. The molecule has 2 unspecified atom stereocenters. The second kappa shape index (κ2) is 25.2. The van der Waals surface area contributed by atoms with Crippen molar-refractivity contribution >= 4 is 0 Å². The Labute approximate surface area is 198 Å². The topological polar surface area (TPSA) is 40.5 Å². The van der Waals surface area contributed by atoms with E-state index < -0.39 is 12.2 Å². The minimum atomic E-state index is -0.565. The Morgan fingerprint density at radius 2 is 0.844 bits per heavy atom. The molecule has 0 aromatic rings. The molecule has 0 bridgehead atoms. The predicted molar refractivity (Wildman–Crippen MR) is 137 cm³/mol. The van der Waals surface area contributed by atoms with Gasteiger partial charge in [-0.15, -0.1) is 24.7 Å². The van der Waals surface area contributed by atoms with Crippen molar-refractivity contribution in [1.82, 2.24) is 0 Å². The van der Waals surface area contributed by atoms with E-state index in [1.54, 1.807) is 0 Å². The highest BCUT2D eigenvalue weighted by Crippen LogP contribution is 2.10. The number of terminal acetylenes is 2. The second-order valence-electron chi connectivity index (χ2n) is 8.27. The highest BCUT2D eigenvalue weighted by molar-refractivity contribution is 5.08. The van der Waals surface area contributed by atoms with Crippen LogP contribution in [0.5, 0.6) is 0 Å². The molecule has 0 radical (unpaired) electrons. The number of hydrogen-bond donors (Lipinski definition) is 2. The first-order valence-electron chi connectivity index (χ1n) is 12.6. The summed E-state index contributed by atoms with van der Waals surface area (Å²) in [5.74, 6) is 17.6. The fourth-order valence-electron chi connectivity index (χ4n) is 3.29. The molecule has 0 spiro atoms. The van der Waals surface area contributed by atoms with Gasteiger partial charge in [0.1, 0.15) is 12.2 Å². The lowest BCUT2D eigenvalue weighted by atomic mass is 10.1. The van der Waals surface area contributed by atoms with E-state index in [0.717, 1.165) is 64.2 Å². The molecule has 2 nitrogen and oxygen atoms in total. The van der Waals surface area contributed by atoms with Gasteiger partial charge in [0.05, 0.1) is 0 Å². The predicted octanol–water partition coefficient (Wildman–Crippen LogP) is 6.56. The zero-order chi connectivity index (χ0) is 23.5. The van der Waals surface area contributed by atoms with E-state index in [1.807, 2.05) is 0 Å². The number of aliphatic hydroxyl groups is 2. The largest absolute Gasteiger partial charge is 0.380 e. The smallest absolute Gasteiger partial charge is 0.114 e. The molecule has 0 saturated carbocycles. The molecule has 0 rings (SSSR count). The summed E-state index contributed by atoms with van der Waals surface area (Å²) >= 11 is 0. The van der Waals surface area contributed by atoms with E-state index in [0.29, 0.717) is 0 Å². The number of allylic oxidation sites excluding steroid dienone is 2. The highest BCUT2D eigenvalue weighted by atomic mass is 16.3. The standard InChI is InChI=1S/C30H44O2/c1-3-29(31)27-25-23-21-19-17-15-13-11-9-7-5-6-8-10-12-14-16-18-20-22-24-26-28-30(32)4-2/h1-2,5-6,29-32H,7-8,13-28H2. The van der Waals surface area contributed by atoms with Crippen LogP contribution in [0.4, 0.5) is 0 Å². The summed E-state index contributed by atoms with van der Waals surface area (Å²) in [7, 11) is 0. The fourth-order valence-corrected chi connectivity index (χ4v) is 3.29. The number of unbranched alkanes of at least 4 members (excludes halogenated alkanes) is 12. The Morgan fingerprint density at radius 3 is 1.22 bits per heavy atom. The van der Waals surface area contributed by atoms with Crippen molar-refractivity contribution in [3.63, 3.8) is 0 Å². The highest BCUT2D eigenvalue weighted by Gasteiger charge is 1.98. The van der Waals surface area contributed by atoms with Gasteiger partial charge in [-0.05, 0) is 38.5 Å². The molecular weight excluding hydrogens is 392 g/mol. The molecule has 176 valence electrons. The third-order valence-corrected chi connectivity index (χ3v) is 5.30. The average molecular weight is 437 g/mol. The van der Waals surface area contributed by atoms with Gasteiger partial charge in [0.2, 0.25) is 0 Å². The Kier molecular flexibility index (Phi) is 23.5. The zero-order valence-corrected chi connectivity index (χ0v) is 20.1. The van der Waals surface area contributed by atoms with Crippen LogP contribution >= 0.6 is 0 Å². The molecule has 32 heavy (non-hydrogen) atoms. The van der Waals surface area contributed by atoms with Crippen LogP contribution in [0, 0.1) is 48.4 Å². The van der Waals surface area contributed by atoms with Gasteiger partial charge in [-0.3, -0.25) is 0 Å². The maximum atomic E-state index is 9.27. The van der Waals surface area contributed by atoms with Gasteiger partial charge < -0.3 is 10.2 Å². The van der Waals surface area contributed by atoms with Crippen LogP contribution in [0.15, 0.2) is 12.2 Å². The van der Waals surface area contributed by atoms with Crippen molar-refractivity contribution in [2.24, 2.45) is 0 Å². The maximum absolute atomic E-state index is 9.27. The minimum absolute atomic E-state index is 0.565. The quantitative estimate of drug-likeness (QED) is 0.145. The Morgan fingerprint density at radius 1 is 0.500 bits per heavy atom. The van der Waals surface area contributed by atoms with Gasteiger partial charge in [0, 0.05) is 25.7 Å². The SMILES string of the molecule is C#CC(O)CCCCCCCCC#CCC=CCC#CCCCCCCCCC(O)C#C. The van der Waals surface area contributed by atoms with E-state index in [-0.39, 0.29) is 0 Å². The first-order chi connectivity index (χ1) is 15.7. The normalized spacial score (nSPS) is 12.1. The Hall–Kier alpha value is -2.10. The van der Waals surface area contributed by atoms with Crippen molar-refractivity contribution in [3.8, 4) is 48.4 Å². The van der Waals surface area contributed by atoms with Crippen LogP contribution in [0.2, 0.25) is 0 Å². The third kappa shape index (κ3) is 24.2. The van der Waals surface area contributed by atoms with Crippen molar-refractivity contribution in [2.75, 3.05) is 0 Å². The van der Waals surface area contributed by atoms with Gasteiger partial charge >= 0.3 is 0 Å². The van der Waals surface area contributed by atoms with Gasteiger partial charge in [-0.1, -0.05) is 87.2 Å². The first-order valence-corrected chi connectivity index (χ1v) is 12.6. The van der Waals surface area contributed by atoms with Crippen molar-refractivity contribution in [3.05, 3.63) is 12.2 Å². The van der Waals surface area contributed by atoms with Crippen molar-refractivity contribution in [2.45, 2.75) is 128 Å². The zero-order valence-electron chi connectivity index (χ0n) is 20.1. The molecule has 0 heterocycles. The molecule has 0 aliphatic carbocycles. The van der Waals surface area contributed by atoms with E-state index in [1.165, 1.54) is 51.4 Å². The molecule has 0 aromatic carbocycles. The summed E-state index contributed by atoms with van der Waals surface area (Å²) in [6.45, 7) is 0. The molecule has 2 heteroatoms. The first kappa shape index (κ1) is 29.9. The fraction of sp³-hybridized carbons (Fsp3) is 0.667. The van der Waals surface area contributed by atoms with Crippen LogP contribution in [0.1, 0.15) is 116 Å². The lowest BCUT2D eigenvalue weighted by Gasteiger charge is -2.02. The van der Waals surface area contributed by atoms with E-state index in [9.17, 15) is 10.2 Å². The summed E-state index contributed by atoms with van der Waals surface area (Å²) in [5, 5.41) is 18.5. The maximum Gasteiger partial charge on any atom is 0.114 e.